The Balaban J connectivity index is 2.12. The van der Waals surface area contributed by atoms with Crippen LogP contribution in [0.2, 0.25) is 0 Å². The molecule has 0 aliphatic carbocycles. The molecule has 0 unspecified atom stereocenters. The highest BCUT2D eigenvalue weighted by molar-refractivity contribution is 6.06. The van der Waals surface area contributed by atoms with E-state index in [9.17, 15) is 14.9 Å². The van der Waals surface area contributed by atoms with Crippen molar-refractivity contribution < 1.29 is 19.2 Å². The third-order valence-corrected chi connectivity index (χ3v) is 3.44. The molecule has 25 heavy (non-hydrogen) atoms. The molecule has 2 aromatic carbocycles. The first-order valence-electron chi connectivity index (χ1n) is 7.83. The maximum atomic E-state index is 12.1. The first kappa shape index (κ1) is 18.2. The molecule has 0 fully saturated rings. The van der Waals surface area contributed by atoms with Gasteiger partial charge in [0.2, 0.25) is 0 Å². The molecule has 0 radical (unpaired) electrons. The molecule has 6 nitrogen and oxygen atoms in total. The molecule has 0 saturated carbocycles. The number of non-ortho nitro benzene ring substituents is 1. The highest BCUT2D eigenvalue weighted by Gasteiger charge is 2.08. The molecule has 2 rings (SSSR count). The number of nitro benzene ring substituents is 1. The SMILES string of the molecule is CCCOc1ccc(/C=C/C(=O)c2ccc([N+](=O)[O-])cc2)cc1OC. The van der Waals surface area contributed by atoms with Crippen molar-refractivity contribution in [3.63, 3.8) is 0 Å². The highest BCUT2D eigenvalue weighted by atomic mass is 16.6. The van der Waals surface area contributed by atoms with E-state index >= 15 is 0 Å². The van der Waals surface area contributed by atoms with Crippen molar-refractivity contribution in [3.8, 4) is 11.5 Å². The van der Waals surface area contributed by atoms with Crippen molar-refractivity contribution in [2.24, 2.45) is 0 Å². The Bertz CT molecular complexity index is 781. The smallest absolute Gasteiger partial charge is 0.269 e. The van der Waals surface area contributed by atoms with Gasteiger partial charge in [-0.1, -0.05) is 19.1 Å². The van der Waals surface area contributed by atoms with Crippen molar-refractivity contribution in [3.05, 3.63) is 69.8 Å². The standard InChI is InChI=1S/C19H19NO5/c1-3-12-25-18-11-5-14(13-19(18)24-2)4-10-17(21)15-6-8-16(9-7-15)20(22)23/h4-11,13H,3,12H2,1-2H3/b10-4+. The molecule has 0 amide bonds. The number of carbonyl (C=O) groups excluding carboxylic acids is 1. The lowest BCUT2D eigenvalue weighted by molar-refractivity contribution is -0.384. The van der Waals surface area contributed by atoms with Gasteiger partial charge in [-0.05, 0) is 42.3 Å². The van der Waals surface area contributed by atoms with Gasteiger partial charge in [0, 0.05) is 17.7 Å². The first-order valence-corrected chi connectivity index (χ1v) is 7.83. The predicted molar refractivity (Wildman–Crippen MR) is 95.2 cm³/mol. The third kappa shape index (κ3) is 4.91. The van der Waals surface area contributed by atoms with Crippen LogP contribution in [0.15, 0.2) is 48.5 Å². The zero-order valence-corrected chi connectivity index (χ0v) is 14.1. The van der Waals surface area contributed by atoms with Crippen LogP contribution in [0.1, 0.15) is 29.3 Å². The largest absolute Gasteiger partial charge is 0.493 e. The van der Waals surface area contributed by atoms with Crippen LogP contribution in [0, 0.1) is 10.1 Å². The van der Waals surface area contributed by atoms with Crippen molar-refractivity contribution >= 4 is 17.5 Å². The van der Waals surface area contributed by atoms with Crippen LogP contribution in [0.5, 0.6) is 11.5 Å². The van der Waals surface area contributed by atoms with Crippen molar-refractivity contribution in [2.45, 2.75) is 13.3 Å². The van der Waals surface area contributed by atoms with Gasteiger partial charge >= 0.3 is 0 Å². The van der Waals surface area contributed by atoms with Gasteiger partial charge < -0.3 is 9.47 Å². The van der Waals surface area contributed by atoms with Gasteiger partial charge in [-0.3, -0.25) is 14.9 Å². The number of methoxy groups -OCH3 is 1. The Labute approximate surface area is 145 Å². The van der Waals surface area contributed by atoms with E-state index in [2.05, 4.69) is 0 Å². The van der Waals surface area contributed by atoms with Gasteiger partial charge in [0.15, 0.2) is 17.3 Å². The molecule has 0 spiro atoms. The summed E-state index contributed by atoms with van der Waals surface area (Å²) < 4.78 is 10.9. The normalized spacial score (nSPS) is 10.6. The minimum atomic E-state index is -0.501. The molecule has 0 aliphatic heterocycles. The molecule has 0 atom stereocenters. The lowest BCUT2D eigenvalue weighted by Gasteiger charge is -2.10. The molecule has 0 heterocycles. The predicted octanol–water partition coefficient (Wildman–Crippen LogP) is 4.29. The lowest BCUT2D eigenvalue weighted by atomic mass is 10.1. The zero-order chi connectivity index (χ0) is 18.2. The van der Waals surface area contributed by atoms with Crippen LogP contribution in [-0.2, 0) is 0 Å². The lowest BCUT2D eigenvalue weighted by Crippen LogP contribution is -1.98. The number of carbonyl (C=O) groups is 1. The van der Waals surface area contributed by atoms with E-state index in [-0.39, 0.29) is 11.5 Å². The Kier molecular flexibility index (Phi) is 6.28. The summed E-state index contributed by atoms with van der Waals surface area (Å²) in [5.41, 5.74) is 1.13. The van der Waals surface area contributed by atoms with Gasteiger partial charge in [0.25, 0.3) is 5.69 Å². The Morgan fingerprint density at radius 1 is 1.16 bits per heavy atom. The van der Waals surface area contributed by atoms with Crippen molar-refractivity contribution in [1.29, 1.82) is 0 Å². The zero-order valence-electron chi connectivity index (χ0n) is 14.1. The van der Waals surface area contributed by atoms with Crippen LogP contribution < -0.4 is 9.47 Å². The number of ketones is 1. The second-order valence-electron chi connectivity index (χ2n) is 5.26. The molecule has 0 saturated heterocycles. The average molecular weight is 341 g/mol. The van der Waals surface area contributed by atoms with Crippen LogP contribution in [-0.4, -0.2) is 24.4 Å². The van der Waals surface area contributed by atoms with Gasteiger partial charge in [0.05, 0.1) is 18.6 Å². The monoisotopic (exact) mass is 341 g/mol. The first-order chi connectivity index (χ1) is 12.0. The summed E-state index contributed by atoms with van der Waals surface area (Å²) in [4.78, 5) is 22.3. The maximum Gasteiger partial charge on any atom is 0.269 e. The van der Waals surface area contributed by atoms with Crippen molar-refractivity contribution in [2.75, 3.05) is 13.7 Å². The van der Waals surface area contributed by atoms with E-state index in [0.717, 1.165) is 12.0 Å². The molecule has 6 heteroatoms. The number of rotatable bonds is 8. The van der Waals surface area contributed by atoms with Crippen LogP contribution in [0.25, 0.3) is 6.08 Å². The van der Waals surface area contributed by atoms with Gasteiger partial charge in [-0.25, -0.2) is 0 Å². The Hall–Kier alpha value is -3.15. The van der Waals surface area contributed by atoms with E-state index < -0.39 is 4.92 Å². The molecule has 0 aromatic heterocycles. The fourth-order valence-electron chi connectivity index (χ4n) is 2.13. The molecule has 130 valence electrons. The number of hydrogen-bond donors (Lipinski definition) is 0. The molecular weight excluding hydrogens is 322 g/mol. The quantitative estimate of drug-likeness (QED) is 0.310. The fraction of sp³-hybridized carbons (Fsp3) is 0.211. The second kappa shape index (κ2) is 8.63. The summed E-state index contributed by atoms with van der Waals surface area (Å²) in [7, 11) is 1.56. The van der Waals surface area contributed by atoms with E-state index in [1.54, 1.807) is 25.3 Å². The fourth-order valence-corrected chi connectivity index (χ4v) is 2.13. The van der Waals surface area contributed by atoms with Crippen LogP contribution >= 0.6 is 0 Å². The van der Waals surface area contributed by atoms with Crippen molar-refractivity contribution in [1.82, 2.24) is 0 Å². The number of allylic oxidation sites excluding steroid dienone is 1. The maximum absolute atomic E-state index is 12.1. The third-order valence-electron chi connectivity index (χ3n) is 3.44. The second-order valence-corrected chi connectivity index (χ2v) is 5.26. The van der Waals surface area contributed by atoms with Gasteiger partial charge in [-0.2, -0.15) is 0 Å². The average Bonchev–Trinajstić information content (AvgIpc) is 2.64. The minimum Gasteiger partial charge on any atom is -0.493 e. The molecule has 0 N–H and O–H groups in total. The summed E-state index contributed by atoms with van der Waals surface area (Å²) in [6.07, 6.45) is 3.98. The number of hydrogen-bond acceptors (Lipinski definition) is 5. The summed E-state index contributed by atoms with van der Waals surface area (Å²) >= 11 is 0. The van der Waals surface area contributed by atoms with Crippen LogP contribution in [0.4, 0.5) is 5.69 Å². The van der Waals surface area contributed by atoms with E-state index in [1.807, 2.05) is 13.0 Å². The summed E-state index contributed by atoms with van der Waals surface area (Å²) in [5, 5.41) is 10.6. The summed E-state index contributed by atoms with van der Waals surface area (Å²) in [6.45, 7) is 2.62. The van der Waals surface area contributed by atoms with E-state index in [0.29, 0.717) is 23.7 Å². The topological polar surface area (TPSA) is 78.7 Å². The highest BCUT2D eigenvalue weighted by Crippen LogP contribution is 2.28. The molecule has 0 aliphatic rings. The van der Waals surface area contributed by atoms with Gasteiger partial charge in [-0.15, -0.1) is 0 Å². The summed E-state index contributed by atoms with van der Waals surface area (Å²) in [6, 6.07) is 10.9. The van der Waals surface area contributed by atoms with E-state index in [1.165, 1.54) is 30.3 Å². The Morgan fingerprint density at radius 2 is 1.88 bits per heavy atom. The minimum absolute atomic E-state index is 0.0482. The summed E-state index contributed by atoms with van der Waals surface area (Å²) in [5.74, 6) is 1.02. The number of ether oxygens (including phenoxy) is 2. The molecular formula is C19H19NO5. The van der Waals surface area contributed by atoms with Crippen LogP contribution in [0.3, 0.4) is 0 Å². The molecule has 0 bridgehead atoms. The number of nitro groups is 1. The number of nitrogens with zero attached hydrogens (tertiary/aromatic N) is 1. The molecule has 2 aromatic rings. The number of benzene rings is 2. The Morgan fingerprint density at radius 3 is 2.48 bits per heavy atom. The van der Waals surface area contributed by atoms with Gasteiger partial charge in [0.1, 0.15) is 0 Å². The van der Waals surface area contributed by atoms with E-state index in [4.69, 9.17) is 9.47 Å².